The lowest BCUT2D eigenvalue weighted by Gasteiger charge is -2.11. The van der Waals surface area contributed by atoms with E-state index in [1.165, 1.54) is 47.1 Å². The normalized spacial score (nSPS) is 11.8. The van der Waals surface area contributed by atoms with E-state index in [0.717, 1.165) is 11.8 Å². The van der Waals surface area contributed by atoms with E-state index in [0.29, 0.717) is 11.4 Å². The first-order valence-corrected chi connectivity index (χ1v) is 8.92. The number of rotatable bonds is 6. The van der Waals surface area contributed by atoms with Gasteiger partial charge in [-0.2, -0.15) is 0 Å². The van der Waals surface area contributed by atoms with Gasteiger partial charge in [0, 0.05) is 11.6 Å². The number of nitrogens with zero attached hydrogens (tertiary/aromatic N) is 4. The first-order chi connectivity index (χ1) is 13.4. The molecule has 3 rings (SSSR count). The number of nitrogens with two attached hydrogens (primary N) is 1. The summed E-state index contributed by atoms with van der Waals surface area (Å²) in [6, 6.07) is 11.4. The predicted octanol–water partition coefficient (Wildman–Crippen LogP) is 2.83. The van der Waals surface area contributed by atoms with Crippen LogP contribution in [0.2, 0.25) is 0 Å². The van der Waals surface area contributed by atoms with Gasteiger partial charge in [0.25, 0.3) is 5.69 Å². The summed E-state index contributed by atoms with van der Waals surface area (Å²) in [5.74, 6) is 5.47. The molecule has 0 aliphatic heterocycles. The zero-order chi connectivity index (χ0) is 20.3. The second-order valence-electron chi connectivity index (χ2n) is 5.71. The molecule has 1 amide bonds. The van der Waals surface area contributed by atoms with Gasteiger partial charge >= 0.3 is 0 Å². The summed E-state index contributed by atoms with van der Waals surface area (Å²) in [5, 5.41) is 21.1. The van der Waals surface area contributed by atoms with Crippen molar-refractivity contribution >= 4 is 29.0 Å². The Morgan fingerprint density at radius 2 is 1.93 bits per heavy atom. The number of nitro groups is 1. The molecule has 144 valence electrons. The highest BCUT2D eigenvalue weighted by Crippen LogP contribution is 2.27. The minimum absolute atomic E-state index is 0.103. The van der Waals surface area contributed by atoms with E-state index in [2.05, 4.69) is 15.5 Å². The number of carbonyl (C=O) groups is 1. The molecule has 0 fully saturated rings. The zero-order valence-corrected chi connectivity index (χ0v) is 15.4. The minimum Gasteiger partial charge on any atom is -0.335 e. The number of benzene rings is 2. The molecule has 0 radical (unpaired) electrons. The summed E-state index contributed by atoms with van der Waals surface area (Å²) in [6.07, 6.45) is 0. The lowest BCUT2D eigenvalue weighted by atomic mass is 10.2. The van der Waals surface area contributed by atoms with Crippen molar-refractivity contribution < 1.29 is 14.1 Å². The molecule has 0 aliphatic rings. The molecule has 3 aromatic rings. The van der Waals surface area contributed by atoms with Crippen molar-refractivity contribution in [2.75, 3.05) is 11.2 Å². The molecule has 3 N–H and O–H groups in total. The SMILES string of the molecule is C[C@@H](Sc1nnc(-c2ccc(F)cc2)n1N)C(=O)Nc1ccccc1[N+](=O)[O-]. The third-order valence-electron chi connectivity index (χ3n) is 3.78. The zero-order valence-electron chi connectivity index (χ0n) is 14.6. The molecular weight excluding hydrogens is 387 g/mol. The van der Waals surface area contributed by atoms with Gasteiger partial charge in [0.05, 0.1) is 10.2 Å². The van der Waals surface area contributed by atoms with Gasteiger partial charge in [0.2, 0.25) is 11.1 Å². The number of hydrogen-bond donors (Lipinski definition) is 2. The number of nitrogens with one attached hydrogen (secondary N) is 1. The number of amides is 1. The number of hydrogen-bond acceptors (Lipinski definition) is 7. The van der Waals surface area contributed by atoms with Crippen LogP contribution in [-0.2, 0) is 4.79 Å². The van der Waals surface area contributed by atoms with Crippen molar-refractivity contribution in [3.8, 4) is 11.4 Å². The number of anilines is 1. The summed E-state index contributed by atoms with van der Waals surface area (Å²) in [5.41, 5.74) is 0.472. The highest BCUT2D eigenvalue weighted by molar-refractivity contribution is 8.00. The van der Waals surface area contributed by atoms with Crippen LogP contribution in [0.1, 0.15) is 6.92 Å². The van der Waals surface area contributed by atoms with Gasteiger partial charge in [-0.05, 0) is 37.3 Å². The largest absolute Gasteiger partial charge is 0.335 e. The van der Waals surface area contributed by atoms with E-state index in [4.69, 9.17) is 5.84 Å². The topological polar surface area (TPSA) is 129 Å². The molecule has 11 heteroatoms. The van der Waals surface area contributed by atoms with Crippen LogP contribution in [0.4, 0.5) is 15.8 Å². The van der Waals surface area contributed by atoms with Crippen molar-refractivity contribution in [1.29, 1.82) is 0 Å². The van der Waals surface area contributed by atoms with Crippen LogP contribution >= 0.6 is 11.8 Å². The van der Waals surface area contributed by atoms with Crippen molar-refractivity contribution in [1.82, 2.24) is 14.9 Å². The van der Waals surface area contributed by atoms with Gasteiger partial charge in [-0.3, -0.25) is 14.9 Å². The van der Waals surface area contributed by atoms with Crippen molar-refractivity contribution in [2.45, 2.75) is 17.3 Å². The number of aromatic nitrogens is 3. The Morgan fingerprint density at radius 1 is 1.25 bits per heavy atom. The molecule has 0 spiro atoms. The Kier molecular flexibility index (Phi) is 5.54. The minimum atomic E-state index is -0.660. The van der Waals surface area contributed by atoms with Gasteiger partial charge in [-0.1, -0.05) is 23.9 Å². The average Bonchev–Trinajstić information content (AvgIpc) is 3.03. The molecule has 0 saturated heterocycles. The maximum absolute atomic E-state index is 13.1. The maximum atomic E-state index is 13.1. The van der Waals surface area contributed by atoms with Crippen molar-refractivity contribution in [3.05, 3.63) is 64.5 Å². The number of thioether (sulfide) groups is 1. The van der Waals surface area contributed by atoms with Crippen molar-refractivity contribution in [2.24, 2.45) is 0 Å². The Morgan fingerprint density at radius 3 is 2.61 bits per heavy atom. The first-order valence-electron chi connectivity index (χ1n) is 8.04. The fraction of sp³-hybridized carbons (Fsp3) is 0.118. The molecule has 0 unspecified atom stereocenters. The summed E-state index contributed by atoms with van der Waals surface area (Å²) < 4.78 is 14.3. The van der Waals surface area contributed by atoms with Crippen LogP contribution in [0, 0.1) is 15.9 Å². The molecule has 0 saturated carbocycles. The van der Waals surface area contributed by atoms with E-state index in [-0.39, 0.29) is 22.3 Å². The quantitative estimate of drug-likeness (QED) is 0.281. The number of carbonyl (C=O) groups excluding carboxylic acids is 1. The van der Waals surface area contributed by atoms with Crippen LogP contribution in [0.15, 0.2) is 53.7 Å². The Labute approximate surface area is 162 Å². The average molecular weight is 402 g/mol. The predicted molar refractivity (Wildman–Crippen MR) is 103 cm³/mol. The number of nitro benzene ring substituents is 1. The van der Waals surface area contributed by atoms with Gasteiger partial charge in [0.15, 0.2) is 5.82 Å². The summed E-state index contributed by atoms with van der Waals surface area (Å²) in [4.78, 5) is 22.9. The fourth-order valence-electron chi connectivity index (χ4n) is 2.34. The number of para-hydroxylation sites is 2. The van der Waals surface area contributed by atoms with E-state index in [1.54, 1.807) is 13.0 Å². The maximum Gasteiger partial charge on any atom is 0.292 e. The molecular formula is C17H15FN6O3S. The lowest BCUT2D eigenvalue weighted by Crippen LogP contribution is -2.24. The summed E-state index contributed by atoms with van der Waals surface area (Å²) in [7, 11) is 0. The standard InChI is InChI=1S/C17H15FN6O3S/c1-10(16(25)20-13-4-2-3-5-14(13)24(26)27)28-17-22-21-15(23(17)19)11-6-8-12(18)9-7-11/h2-10H,19H2,1H3,(H,20,25)/t10-/m1/s1. The van der Waals surface area contributed by atoms with Gasteiger partial charge in [-0.25, -0.2) is 9.07 Å². The second kappa shape index (κ2) is 8.05. The van der Waals surface area contributed by atoms with Crippen LogP contribution in [0.3, 0.4) is 0 Å². The third-order valence-corrected chi connectivity index (χ3v) is 4.83. The van der Waals surface area contributed by atoms with E-state index in [1.807, 2.05) is 0 Å². The Bertz CT molecular complexity index is 1020. The van der Waals surface area contributed by atoms with Crippen LogP contribution in [-0.4, -0.2) is 31.0 Å². The van der Waals surface area contributed by atoms with Crippen LogP contribution in [0.5, 0.6) is 0 Å². The highest BCUT2D eigenvalue weighted by Gasteiger charge is 2.22. The van der Waals surface area contributed by atoms with Gasteiger partial charge in [0.1, 0.15) is 11.5 Å². The van der Waals surface area contributed by atoms with E-state index in [9.17, 15) is 19.3 Å². The molecule has 0 aliphatic carbocycles. The van der Waals surface area contributed by atoms with Crippen LogP contribution < -0.4 is 11.2 Å². The molecule has 1 heterocycles. The van der Waals surface area contributed by atoms with Gasteiger partial charge < -0.3 is 11.2 Å². The van der Waals surface area contributed by atoms with Gasteiger partial charge in [-0.15, -0.1) is 10.2 Å². The monoisotopic (exact) mass is 402 g/mol. The smallest absolute Gasteiger partial charge is 0.292 e. The first kappa shape index (κ1) is 19.3. The van der Waals surface area contributed by atoms with Crippen molar-refractivity contribution in [3.63, 3.8) is 0 Å². The Balaban J connectivity index is 1.73. The number of nitrogen functional groups attached to an aromatic ring is 1. The fourth-order valence-corrected chi connectivity index (χ4v) is 3.11. The summed E-state index contributed by atoms with van der Waals surface area (Å²) >= 11 is 1.04. The van der Waals surface area contributed by atoms with E-state index >= 15 is 0 Å². The molecule has 28 heavy (non-hydrogen) atoms. The second-order valence-corrected chi connectivity index (χ2v) is 7.01. The molecule has 2 aromatic carbocycles. The molecule has 1 atom stereocenters. The lowest BCUT2D eigenvalue weighted by molar-refractivity contribution is -0.383. The summed E-state index contributed by atoms with van der Waals surface area (Å²) in [6.45, 7) is 1.61. The van der Waals surface area contributed by atoms with E-state index < -0.39 is 16.1 Å². The molecule has 1 aromatic heterocycles. The highest BCUT2D eigenvalue weighted by atomic mass is 32.2. The Hall–Kier alpha value is -3.47. The molecule has 0 bridgehead atoms. The molecule has 9 nitrogen and oxygen atoms in total. The third kappa shape index (κ3) is 4.09. The number of halogens is 1. The van der Waals surface area contributed by atoms with Crippen LogP contribution in [0.25, 0.3) is 11.4 Å².